The highest BCUT2D eigenvalue weighted by Gasteiger charge is 2.12. The van der Waals surface area contributed by atoms with Crippen LogP contribution in [-0.2, 0) is 4.74 Å². The Labute approximate surface area is 143 Å². The van der Waals surface area contributed by atoms with E-state index in [9.17, 15) is 0 Å². The van der Waals surface area contributed by atoms with E-state index >= 15 is 0 Å². The number of aliphatic imine (C=N–C) groups is 1. The SMILES string of the molecule is C=CCCCCCN(C)C(=NC)NCC(CCN(C)C)OCC. The molecule has 136 valence electrons. The van der Waals surface area contributed by atoms with Crippen molar-refractivity contribution in [1.82, 2.24) is 15.1 Å². The fourth-order valence-corrected chi connectivity index (χ4v) is 2.39. The van der Waals surface area contributed by atoms with Crippen LogP contribution in [0.2, 0.25) is 0 Å². The predicted octanol–water partition coefficient (Wildman–Crippen LogP) is 2.60. The number of hydrogen-bond acceptors (Lipinski definition) is 3. The summed E-state index contributed by atoms with van der Waals surface area (Å²) in [6, 6.07) is 0. The van der Waals surface area contributed by atoms with Crippen LogP contribution in [0.1, 0.15) is 39.0 Å². The van der Waals surface area contributed by atoms with Crippen LogP contribution in [-0.4, -0.2) is 76.3 Å². The molecule has 1 unspecified atom stereocenters. The van der Waals surface area contributed by atoms with E-state index in [0.717, 1.165) is 45.0 Å². The third-order valence-electron chi connectivity index (χ3n) is 3.76. The summed E-state index contributed by atoms with van der Waals surface area (Å²) < 4.78 is 5.82. The summed E-state index contributed by atoms with van der Waals surface area (Å²) in [6.07, 6.45) is 7.99. The fourth-order valence-electron chi connectivity index (χ4n) is 2.39. The average Bonchev–Trinajstić information content (AvgIpc) is 2.52. The van der Waals surface area contributed by atoms with Crippen LogP contribution in [0.4, 0.5) is 0 Å². The summed E-state index contributed by atoms with van der Waals surface area (Å²) in [5.74, 6) is 0.947. The first-order chi connectivity index (χ1) is 11.0. The molecule has 23 heavy (non-hydrogen) atoms. The first-order valence-electron chi connectivity index (χ1n) is 8.84. The van der Waals surface area contributed by atoms with Crippen LogP contribution >= 0.6 is 0 Å². The Hall–Kier alpha value is -1.07. The van der Waals surface area contributed by atoms with Gasteiger partial charge in [-0.1, -0.05) is 12.5 Å². The number of nitrogens with zero attached hydrogens (tertiary/aromatic N) is 3. The van der Waals surface area contributed by atoms with Crippen molar-refractivity contribution in [2.24, 2.45) is 4.99 Å². The average molecular weight is 327 g/mol. The van der Waals surface area contributed by atoms with E-state index in [1.165, 1.54) is 19.3 Å². The number of nitrogens with one attached hydrogen (secondary N) is 1. The van der Waals surface area contributed by atoms with E-state index in [1.807, 2.05) is 20.0 Å². The number of unbranched alkanes of at least 4 members (excludes halogenated alkanes) is 3. The topological polar surface area (TPSA) is 40.1 Å². The summed E-state index contributed by atoms with van der Waals surface area (Å²) in [5.41, 5.74) is 0. The minimum absolute atomic E-state index is 0.222. The normalized spacial score (nSPS) is 13.2. The molecule has 0 aliphatic rings. The minimum Gasteiger partial charge on any atom is -0.377 e. The molecule has 0 spiro atoms. The van der Waals surface area contributed by atoms with Gasteiger partial charge in [0, 0.05) is 40.3 Å². The molecule has 0 aromatic rings. The second-order valence-electron chi connectivity index (χ2n) is 6.16. The largest absolute Gasteiger partial charge is 0.377 e. The van der Waals surface area contributed by atoms with Crippen molar-refractivity contribution in [3.8, 4) is 0 Å². The standard InChI is InChI=1S/C18H38N4O/c1-7-9-10-11-12-14-22(6)18(19-3)20-16-17(23-8-2)13-15-21(4)5/h7,17H,1,8-16H2,2-6H3,(H,19,20). The molecule has 0 bridgehead atoms. The number of allylic oxidation sites excluding steroid dienone is 1. The van der Waals surface area contributed by atoms with Gasteiger partial charge < -0.3 is 19.9 Å². The molecule has 0 aliphatic carbocycles. The summed E-state index contributed by atoms with van der Waals surface area (Å²) >= 11 is 0. The zero-order chi connectivity index (χ0) is 17.5. The van der Waals surface area contributed by atoms with Crippen LogP contribution in [0.25, 0.3) is 0 Å². The Bertz CT molecular complexity index is 318. The molecule has 0 radical (unpaired) electrons. The monoisotopic (exact) mass is 326 g/mol. The third-order valence-corrected chi connectivity index (χ3v) is 3.76. The lowest BCUT2D eigenvalue weighted by molar-refractivity contribution is 0.0544. The summed E-state index contributed by atoms with van der Waals surface area (Å²) in [5, 5.41) is 3.45. The van der Waals surface area contributed by atoms with E-state index in [4.69, 9.17) is 4.74 Å². The lowest BCUT2D eigenvalue weighted by Gasteiger charge is -2.25. The molecule has 0 aromatic carbocycles. The van der Waals surface area contributed by atoms with Crippen molar-refractivity contribution in [1.29, 1.82) is 0 Å². The first kappa shape index (κ1) is 21.9. The molecule has 5 nitrogen and oxygen atoms in total. The maximum Gasteiger partial charge on any atom is 0.193 e. The van der Waals surface area contributed by atoms with E-state index < -0.39 is 0 Å². The van der Waals surface area contributed by atoms with Crippen molar-refractivity contribution in [3.05, 3.63) is 12.7 Å². The second-order valence-corrected chi connectivity index (χ2v) is 6.16. The van der Waals surface area contributed by atoms with Crippen LogP contribution < -0.4 is 5.32 Å². The number of guanidine groups is 1. The van der Waals surface area contributed by atoms with Crippen molar-refractivity contribution in [3.63, 3.8) is 0 Å². The van der Waals surface area contributed by atoms with Crippen LogP contribution in [0, 0.1) is 0 Å². The highest BCUT2D eigenvalue weighted by Crippen LogP contribution is 2.02. The van der Waals surface area contributed by atoms with Gasteiger partial charge in [0.2, 0.25) is 0 Å². The Morgan fingerprint density at radius 2 is 1.96 bits per heavy atom. The Morgan fingerprint density at radius 3 is 2.52 bits per heavy atom. The Kier molecular flexibility index (Phi) is 13.8. The Morgan fingerprint density at radius 1 is 1.22 bits per heavy atom. The molecule has 1 atom stereocenters. The Balaban J connectivity index is 4.14. The van der Waals surface area contributed by atoms with E-state index in [0.29, 0.717) is 0 Å². The van der Waals surface area contributed by atoms with Crippen molar-refractivity contribution >= 4 is 5.96 Å². The van der Waals surface area contributed by atoms with E-state index in [1.54, 1.807) is 0 Å². The number of ether oxygens (including phenoxy) is 1. The van der Waals surface area contributed by atoms with Crippen LogP contribution in [0.5, 0.6) is 0 Å². The quantitative estimate of drug-likeness (QED) is 0.244. The molecule has 0 heterocycles. The van der Waals surface area contributed by atoms with Gasteiger partial charge in [0.1, 0.15) is 0 Å². The summed E-state index contributed by atoms with van der Waals surface area (Å²) in [6.45, 7) is 9.41. The zero-order valence-corrected chi connectivity index (χ0v) is 16.0. The number of hydrogen-bond donors (Lipinski definition) is 1. The minimum atomic E-state index is 0.222. The van der Waals surface area contributed by atoms with Gasteiger partial charge in [-0.05, 0) is 46.7 Å². The molecule has 0 fully saturated rings. The van der Waals surface area contributed by atoms with Gasteiger partial charge >= 0.3 is 0 Å². The van der Waals surface area contributed by atoms with Gasteiger partial charge in [0.05, 0.1) is 6.10 Å². The molecule has 0 aromatic heterocycles. The fraction of sp³-hybridized carbons (Fsp3) is 0.833. The van der Waals surface area contributed by atoms with Crippen LogP contribution in [0.3, 0.4) is 0 Å². The molecule has 5 heteroatoms. The van der Waals surface area contributed by atoms with E-state index in [-0.39, 0.29) is 6.10 Å². The number of rotatable bonds is 13. The van der Waals surface area contributed by atoms with Gasteiger partial charge in [0.15, 0.2) is 5.96 Å². The second kappa shape index (κ2) is 14.5. The molecule has 0 saturated carbocycles. The van der Waals surface area contributed by atoms with Gasteiger partial charge in [0.25, 0.3) is 0 Å². The maximum absolute atomic E-state index is 5.82. The first-order valence-corrected chi connectivity index (χ1v) is 8.84. The van der Waals surface area contributed by atoms with E-state index in [2.05, 4.69) is 47.8 Å². The smallest absolute Gasteiger partial charge is 0.193 e. The zero-order valence-electron chi connectivity index (χ0n) is 16.0. The van der Waals surface area contributed by atoms with Crippen molar-refractivity contribution in [2.75, 3.05) is 54.4 Å². The maximum atomic E-state index is 5.82. The molecule has 0 rings (SSSR count). The molecule has 0 aliphatic heterocycles. The molecular weight excluding hydrogens is 288 g/mol. The van der Waals surface area contributed by atoms with Gasteiger partial charge in [-0.2, -0.15) is 0 Å². The molecule has 0 amide bonds. The third kappa shape index (κ3) is 12.1. The van der Waals surface area contributed by atoms with Gasteiger partial charge in [-0.3, -0.25) is 4.99 Å². The highest BCUT2D eigenvalue weighted by molar-refractivity contribution is 5.79. The summed E-state index contributed by atoms with van der Waals surface area (Å²) in [4.78, 5) is 8.77. The van der Waals surface area contributed by atoms with Crippen molar-refractivity contribution in [2.45, 2.75) is 45.1 Å². The van der Waals surface area contributed by atoms with Crippen molar-refractivity contribution < 1.29 is 4.74 Å². The summed E-state index contributed by atoms with van der Waals surface area (Å²) in [7, 11) is 8.12. The van der Waals surface area contributed by atoms with Gasteiger partial charge in [-0.25, -0.2) is 0 Å². The molecular formula is C18H38N4O. The molecule has 1 N–H and O–H groups in total. The lowest BCUT2D eigenvalue weighted by Crippen LogP contribution is -2.43. The van der Waals surface area contributed by atoms with Gasteiger partial charge in [-0.15, -0.1) is 6.58 Å². The highest BCUT2D eigenvalue weighted by atomic mass is 16.5. The predicted molar refractivity (Wildman–Crippen MR) is 101 cm³/mol. The van der Waals surface area contributed by atoms with Crippen LogP contribution in [0.15, 0.2) is 17.6 Å². The molecule has 0 saturated heterocycles. The lowest BCUT2D eigenvalue weighted by atomic mass is 10.2.